The van der Waals surface area contributed by atoms with E-state index < -0.39 is 17.7 Å². The van der Waals surface area contributed by atoms with Gasteiger partial charge in [-0.2, -0.15) is 13.2 Å². The number of carbonyl (C=O) groups is 1. The number of aliphatic hydroxyl groups excluding tert-OH is 1. The third kappa shape index (κ3) is 4.92. The first-order chi connectivity index (χ1) is 12.7. The molecule has 9 heteroatoms. The molecule has 0 aliphatic carbocycles. The summed E-state index contributed by atoms with van der Waals surface area (Å²) >= 11 is 5.41. The van der Waals surface area contributed by atoms with Crippen molar-refractivity contribution in [2.24, 2.45) is 0 Å². The second kappa shape index (κ2) is 8.62. The number of ether oxygens (including phenoxy) is 1. The monoisotopic (exact) mass is 400 g/mol. The first kappa shape index (κ1) is 21.0. The van der Waals surface area contributed by atoms with Gasteiger partial charge >= 0.3 is 12.1 Å². The molecule has 1 N–H and O–H groups in total. The summed E-state index contributed by atoms with van der Waals surface area (Å²) in [6, 6.07) is 5.45. The highest BCUT2D eigenvalue weighted by Crippen LogP contribution is 2.35. The zero-order valence-electron chi connectivity index (χ0n) is 14.8. The number of para-hydroxylation sites is 1. The molecule has 0 unspecified atom stereocenters. The van der Waals surface area contributed by atoms with Crippen molar-refractivity contribution in [2.45, 2.75) is 19.5 Å². The minimum Gasteiger partial charge on any atom is -0.462 e. The number of aryl methyl sites for hydroxylation is 1. The Morgan fingerprint density at radius 2 is 2.07 bits per heavy atom. The Morgan fingerprint density at radius 3 is 2.67 bits per heavy atom. The molecule has 1 aromatic heterocycles. The predicted molar refractivity (Wildman–Crippen MR) is 98.5 cm³/mol. The quantitative estimate of drug-likeness (QED) is 0.594. The van der Waals surface area contributed by atoms with Crippen molar-refractivity contribution in [2.75, 3.05) is 26.8 Å². The molecule has 0 spiro atoms. The third-order valence-electron chi connectivity index (χ3n) is 3.86. The van der Waals surface area contributed by atoms with E-state index in [0.29, 0.717) is 17.7 Å². The fourth-order valence-electron chi connectivity index (χ4n) is 2.56. The number of hydrogen-bond donors (Lipinski definition) is 1. The van der Waals surface area contributed by atoms with E-state index in [-0.39, 0.29) is 35.6 Å². The average Bonchev–Trinajstić information content (AvgIpc) is 2.63. The summed E-state index contributed by atoms with van der Waals surface area (Å²) < 4.78 is 44.9. The smallest absolute Gasteiger partial charge is 0.418 e. The van der Waals surface area contributed by atoms with Crippen LogP contribution in [0.2, 0.25) is 0 Å². The van der Waals surface area contributed by atoms with E-state index in [1.807, 2.05) is 0 Å². The number of carbonyl (C=O) groups excluding carboxylic acids is 1. The number of esters is 1. The van der Waals surface area contributed by atoms with Crippen LogP contribution in [0, 0.1) is 0 Å². The molecule has 0 saturated heterocycles. The van der Waals surface area contributed by atoms with Gasteiger partial charge < -0.3 is 14.7 Å². The molecule has 0 bridgehead atoms. The fraction of sp³-hybridized carbons (Fsp3) is 0.389. The van der Waals surface area contributed by atoms with Crippen LogP contribution >= 0.6 is 12.2 Å². The lowest BCUT2D eigenvalue weighted by Crippen LogP contribution is -2.33. The standard InChI is InChI=1S/C18H19F3N2O3S/c1-3-11-9-13(17(27)23(2)10-15(25)26-8-7-24)12-5-4-6-14(16(12)22-11)18(19,20)21/h4-6,9,24H,3,7-8,10H2,1-2H3. The number of thiocarbonyl (C=S) groups is 1. The maximum atomic E-state index is 13.4. The molecule has 0 amide bonds. The number of nitrogens with zero attached hydrogens (tertiary/aromatic N) is 2. The zero-order valence-corrected chi connectivity index (χ0v) is 15.7. The summed E-state index contributed by atoms with van der Waals surface area (Å²) in [4.78, 5) is 17.5. The number of alkyl halides is 3. The number of rotatable bonds is 6. The average molecular weight is 400 g/mol. The molecule has 1 aromatic carbocycles. The van der Waals surface area contributed by atoms with E-state index in [2.05, 4.69) is 4.98 Å². The lowest BCUT2D eigenvalue weighted by molar-refractivity contribution is -0.144. The predicted octanol–water partition coefficient (Wildman–Crippen LogP) is 2.96. The van der Waals surface area contributed by atoms with Gasteiger partial charge in [0.25, 0.3) is 0 Å². The molecule has 0 radical (unpaired) electrons. The van der Waals surface area contributed by atoms with Crippen molar-refractivity contribution in [3.05, 3.63) is 41.1 Å². The molecule has 0 aliphatic heterocycles. The highest BCUT2D eigenvalue weighted by atomic mass is 32.1. The van der Waals surface area contributed by atoms with Gasteiger partial charge in [-0.05, 0) is 18.6 Å². The van der Waals surface area contributed by atoms with E-state index in [1.54, 1.807) is 20.0 Å². The van der Waals surface area contributed by atoms with Crippen molar-refractivity contribution in [3.63, 3.8) is 0 Å². The van der Waals surface area contributed by atoms with Crippen LogP contribution in [0.25, 0.3) is 10.9 Å². The van der Waals surface area contributed by atoms with Crippen LogP contribution in [0.3, 0.4) is 0 Å². The van der Waals surface area contributed by atoms with E-state index in [9.17, 15) is 18.0 Å². The van der Waals surface area contributed by atoms with Crippen LogP contribution < -0.4 is 0 Å². The highest BCUT2D eigenvalue weighted by molar-refractivity contribution is 7.80. The normalized spacial score (nSPS) is 11.5. The van der Waals surface area contributed by atoms with E-state index in [0.717, 1.165) is 6.07 Å². The highest BCUT2D eigenvalue weighted by Gasteiger charge is 2.33. The summed E-state index contributed by atoms with van der Waals surface area (Å²) in [5.74, 6) is -0.598. The number of aromatic nitrogens is 1. The zero-order chi connectivity index (χ0) is 20.2. The first-order valence-electron chi connectivity index (χ1n) is 8.20. The van der Waals surface area contributed by atoms with E-state index in [1.165, 1.54) is 17.0 Å². The Kier molecular flexibility index (Phi) is 6.72. The second-order valence-electron chi connectivity index (χ2n) is 5.82. The summed E-state index contributed by atoms with van der Waals surface area (Å²) in [6.07, 6.45) is -4.11. The van der Waals surface area contributed by atoms with Crippen molar-refractivity contribution in [1.29, 1.82) is 0 Å². The van der Waals surface area contributed by atoms with Crippen LogP contribution in [0.4, 0.5) is 13.2 Å². The molecule has 1 heterocycles. The van der Waals surface area contributed by atoms with Gasteiger partial charge in [0, 0.05) is 23.7 Å². The molecule has 5 nitrogen and oxygen atoms in total. The van der Waals surface area contributed by atoms with Gasteiger partial charge in [0.2, 0.25) is 0 Å². The fourth-order valence-corrected chi connectivity index (χ4v) is 2.80. The Hall–Kier alpha value is -2.26. The van der Waals surface area contributed by atoms with E-state index >= 15 is 0 Å². The first-order valence-corrected chi connectivity index (χ1v) is 8.61. The van der Waals surface area contributed by atoms with Gasteiger partial charge in [0.05, 0.1) is 17.7 Å². The van der Waals surface area contributed by atoms with Gasteiger partial charge in [-0.15, -0.1) is 0 Å². The SMILES string of the molecule is CCc1cc(C(=S)N(C)CC(=O)OCCO)c2cccc(C(F)(F)F)c2n1. The Bertz CT molecular complexity index is 856. The molecule has 2 aromatic rings. The van der Waals surface area contributed by atoms with Crippen molar-refractivity contribution in [1.82, 2.24) is 9.88 Å². The number of benzene rings is 1. The number of halogens is 3. The largest absolute Gasteiger partial charge is 0.462 e. The summed E-state index contributed by atoms with van der Waals surface area (Å²) in [5, 5.41) is 8.96. The number of aliphatic hydroxyl groups is 1. The minimum atomic E-state index is -4.54. The second-order valence-corrected chi connectivity index (χ2v) is 6.21. The van der Waals surface area contributed by atoms with Crippen molar-refractivity contribution in [3.8, 4) is 0 Å². The van der Waals surface area contributed by atoms with Crippen LogP contribution in [0.15, 0.2) is 24.3 Å². The Labute approximate surface area is 159 Å². The topological polar surface area (TPSA) is 62.7 Å². The number of hydrogen-bond acceptors (Lipinski definition) is 5. The molecule has 0 fully saturated rings. The maximum absolute atomic E-state index is 13.4. The molecule has 2 rings (SSSR count). The van der Waals surface area contributed by atoms with Gasteiger partial charge in [0.15, 0.2) is 0 Å². The number of likely N-dealkylation sites (N-methyl/N-ethyl adjacent to an activating group) is 1. The van der Waals surface area contributed by atoms with Crippen LogP contribution in [0.1, 0.15) is 23.7 Å². The summed E-state index contributed by atoms with van der Waals surface area (Å²) in [6.45, 7) is 1.16. The van der Waals surface area contributed by atoms with Crippen molar-refractivity contribution >= 4 is 34.1 Å². The molecule has 27 heavy (non-hydrogen) atoms. The molecule has 0 aliphatic rings. The summed E-state index contributed by atoms with van der Waals surface area (Å²) in [7, 11) is 1.55. The molecular formula is C18H19F3N2O3S. The third-order valence-corrected chi connectivity index (χ3v) is 4.39. The number of fused-ring (bicyclic) bond motifs is 1. The molecule has 146 valence electrons. The van der Waals surface area contributed by atoms with Crippen molar-refractivity contribution < 1.29 is 27.8 Å². The maximum Gasteiger partial charge on any atom is 0.418 e. The van der Waals surface area contributed by atoms with Gasteiger partial charge in [0.1, 0.15) is 18.1 Å². The Balaban J connectivity index is 2.48. The van der Waals surface area contributed by atoms with Gasteiger partial charge in [-0.25, -0.2) is 0 Å². The van der Waals surface area contributed by atoms with Gasteiger partial charge in [-0.3, -0.25) is 9.78 Å². The minimum absolute atomic E-state index is 0.132. The van der Waals surface area contributed by atoms with Gasteiger partial charge in [-0.1, -0.05) is 31.3 Å². The van der Waals surface area contributed by atoms with Crippen LogP contribution in [-0.2, 0) is 22.1 Å². The van der Waals surface area contributed by atoms with E-state index in [4.69, 9.17) is 22.1 Å². The lowest BCUT2D eigenvalue weighted by atomic mass is 10.0. The van der Waals surface area contributed by atoms with Crippen LogP contribution in [0.5, 0.6) is 0 Å². The van der Waals surface area contributed by atoms with Crippen LogP contribution in [-0.4, -0.2) is 52.8 Å². The Morgan fingerprint density at radius 1 is 1.37 bits per heavy atom. The molecular weight excluding hydrogens is 381 g/mol. The lowest BCUT2D eigenvalue weighted by Gasteiger charge is -2.21. The molecule has 0 atom stereocenters. The molecule has 0 saturated carbocycles. The summed E-state index contributed by atoms with van der Waals surface area (Å²) in [5.41, 5.74) is -0.134. The number of pyridine rings is 1.